The lowest BCUT2D eigenvalue weighted by atomic mass is 10.2. The first-order valence-corrected chi connectivity index (χ1v) is 6.30. The van der Waals surface area contributed by atoms with Crippen LogP contribution in [0.3, 0.4) is 0 Å². The molecular formula is C14H20O4. The second-order valence-electron chi connectivity index (χ2n) is 3.96. The van der Waals surface area contributed by atoms with Gasteiger partial charge >= 0.3 is 5.97 Å². The first-order chi connectivity index (χ1) is 8.72. The third kappa shape index (κ3) is 6.13. The van der Waals surface area contributed by atoms with Gasteiger partial charge in [-0.2, -0.15) is 0 Å². The number of ether oxygens (including phenoxy) is 2. The van der Waals surface area contributed by atoms with Crippen LogP contribution in [0, 0.1) is 0 Å². The topological polar surface area (TPSA) is 55.8 Å². The van der Waals surface area contributed by atoms with Gasteiger partial charge in [0.1, 0.15) is 11.5 Å². The van der Waals surface area contributed by atoms with Gasteiger partial charge in [0.25, 0.3) is 0 Å². The zero-order valence-corrected chi connectivity index (χ0v) is 10.7. The van der Waals surface area contributed by atoms with Gasteiger partial charge in [-0.15, -0.1) is 0 Å². The molecule has 0 aliphatic heterocycles. The third-order valence-electron chi connectivity index (χ3n) is 2.44. The summed E-state index contributed by atoms with van der Waals surface area (Å²) in [6, 6.07) is 6.65. The Kier molecular flexibility index (Phi) is 6.69. The van der Waals surface area contributed by atoms with Gasteiger partial charge in [-0.1, -0.05) is 0 Å². The highest BCUT2D eigenvalue weighted by Gasteiger charge is 2.00. The maximum Gasteiger partial charge on any atom is 0.305 e. The van der Waals surface area contributed by atoms with Crippen LogP contribution in [-0.4, -0.2) is 24.3 Å². The molecule has 0 saturated heterocycles. The van der Waals surface area contributed by atoms with E-state index in [4.69, 9.17) is 14.6 Å². The van der Waals surface area contributed by atoms with Crippen LogP contribution in [0.1, 0.15) is 32.6 Å². The number of benzene rings is 1. The Balaban J connectivity index is 2.02. The molecule has 0 amide bonds. The molecule has 0 saturated carbocycles. The van der Waals surface area contributed by atoms with Crippen LogP contribution >= 0.6 is 0 Å². The van der Waals surface area contributed by atoms with E-state index in [1.807, 2.05) is 6.92 Å². The molecule has 100 valence electrons. The molecule has 0 unspecified atom stereocenters. The molecule has 0 aromatic heterocycles. The summed E-state index contributed by atoms with van der Waals surface area (Å²) in [6.07, 6.45) is 3.15. The van der Waals surface area contributed by atoms with Crippen LogP contribution in [-0.2, 0) is 9.53 Å². The molecule has 1 aromatic carbocycles. The van der Waals surface area contributed by atoms with E-state index in [9.17, 15) is 4.79 Å². The van der Waals surface area contributed by atoms with Gasteiger partial charge in [0.2, 0.25) is 0 Å². The minimum Gasteiger partial charge on any atom is -0.508 e. The largest absolute Gasteiger partial charge is 0.508 e. The molecule has 0 radical (unpaired) electrons. The van der Waals surface area contributed by atoms with Crippen LogP contribution in [0.4, 0.5) is 0 Å². The van der Waals surface area contributed by atoms with Gasteiger partial charge in [0, 0.05) is 6.42 Å². The monoisotopic (exact) mass is 252 g/mol. The lowest BCUT2D eigenvalue weighted by Crippen LogP contribution is -2.04. The smallest absolute Gasteiger partial charge is 0.305 e. The molecule has 1 rings (SSSR count). The fourth-order valence-electron chi connectivity index (χ4n) is 1.51. The normalized spacial score (nSPS) is 10.1. The summed E-state index contributed by atoms with van der Waals surface area (Å²) < 4.78 is 10.3. The van der Waals surface area contributed by atoms with Crippen LogP contribution in [0.15, 0.2) is 24.3 Å². The van der Waals surface area contributed by atoms with E-state index < -0.39 is 0 Å². The standard InChI is InChI=1S/C14H20O4/c1-2-17-14(16)6-4-3-5-11-18-13-9-7-12(15)8-10-13/h7-10,15H,2-6,11H2,1H3. The van der Waals surface area contributed by atoms with Gasteiger partial charge in [-0.05, 0) is 50.5 Å². The van der Waals surface area contributed by atoms with Crippen molar-refractivity contribution in [3.05, 3.63) is 24.3 Å². The van der Waals surface area contributed by atoms with E-state index in [0.29, 0.717) is 19.6 Å². The Hall–Kier alpha value is -1.71. The van der Waals surface area contributed by atoms with Gasteiger partial charge in [0.05, 0.1) is 13.2 Å². The van der Waals surface area contributed by atoms with E-state index in [2.05, 4.69) is 0 Å². The summed E-state index contributed by atoms with van der Waals surface area (Å²) in [5, 5.41) is 9.09. The summed E-state index contributed by atoms with van der Waals surface area (Å²) in [5.74, 6) is 0.854. The van der Waals surface area contributed by atoms with Crippen LogP contribution in [0.25, 0.3) is 0 Å². The Morgan fingerprint density at radius 2 is 1.89 bits per heavy atom. The number of carbonyl (C=O) groups is 1. The molecule has 4 nitrogen and oxygen atoms in total. The van der Waals surface area contributed by atoms with Crippen molar-refractivity contribution >= 4 is 5.97 Å². The Labute approximate surface area is 108 Å². The van der Waals surface area contributed by atoms with Crippen molar-refractivity contribution in [3.8, 4) is 11.5 Å². The molecule has 0 spiro atoms. The minimum atomic E-state index is -0.128. The van der Waals surface area contributed by atoms with E-state index in [0.717, 1.165) is 25.0 Å². The maximum atomic E-state index is 11.1. The number of rotatable bonds is 8. The molecule has 1 aromatic rings. The molecule has 4 heteroatoms. The second-order valence-corrected chi connectivity index (χ2v) is 3.96. The average Bonchev–Trinajstić information content (AvgIpc) is 2.36. The highest BCUT2D eigenvalue weighted by molar-refractivity contribution is 5.69. The summed E-state index contributed by atoms with van der Waals surface area (Å²) in [7, 11) is 0. The van der Waals surface area contributed by atoms with Gasteiger partial charge in [-0.25, -0.2) is 0 Å². The van der Waals surface area contributed by atoms with Crippen molar-refractivity contribution in [2.24, 2.45) is 0 Å². The van der Waals surface area contributed by atoms with Crippen molar-refractivity contribution in [2.45, 2.75) is 32.6 Å². The number of phenols is 1. The fourth-order valence-corrected chi connectivity index (χ4v) is 1.51. The zero-order valence-electron chi connectivity index (χ0n) is 10.7. The molecule has 18 heavy (non-hydrogen) atoms. The molecule has 0 heterocycles. The number of hydrogen-bond donors (Lipinski definition) is 1. The number of hydrogen-bond acceptors (Lipinski definition) is 4. The number of aromatic hydroxyl groups is 1. The third-order valence-corrected chi connectivity index (χ3v) is 2.44. The predicted molar refractivity (Wildman–Crippen MR) is 68.7 cm³/mol. The Morgan fingerprint density at radius 1 is 1.17 bits per heavy atom. The number of esters is 1. The lowest BCUT2D eigenvalue weighted by molar-refractivity contribution is -0.143. The van der Waals surface area contributed by atoms with Crippen molar-refractivity contribution in [3.63, 3.8) is 0 Å². The summed E-state index contributed by atoms with van der Waals surface area (Å²) in [5.41, 5.74) is 0. The quantitative estimate of drug-likeness (QED) is 0.571. The molecule has 0 fully saturated rings. The molecular weight excluding hydrogens is 232 g/mol. The van der Waals surface area contributed by atoms with Gasteiger partial charge in [-0.3, -0.25) is 4.79 Å². The maximum absolute atomic E-state index is 11.1. The van der Waals surface area contributed by atoms with Gasteiger partial charge < -0.3 is 14.6 Å². The molecule has 0 atom stereocenters. The number of unbranched alkanes of at least 4 members (excludes halogenated alkanes) is 2. The highest BCUT2D eigenvalue weighted by atomic mass is 16.5. The van der Waals surface area contributed by atoms with Gasteiger partial charge in [0.15, 0.2) is 0 Å². The number of phenolic OH excluding ortho intramolecular Hbond substituents is 1. The van der Waals surface area contributed by atoms with E-state index >= 15 is 0 Å². The first kappa shape index (κ1) is 14.4. The van der Waals surface area contributed by atoms with Crippen LogP contribution < -0.4 is 4.74 Å². The van der Waals surface area contributed by atoms with E-state index in [1.165, 1.54) is 0 Å². The summed E-state index contributed by atoms with van der Waals surface area (Å²) in [4.78, 5) is 11.1. The van der Waals surface area contributed by atoms with E-state index in [1.54, 1.807) is 24.3 Å². The van der Waals surface area contributed by atoms with Crippen LogP contribution in [0.5, 0.6) is 11.5 Å². The van der Waals surface area contributed by atoms with E-state index in [-0.39, 0.29) is 11.7 Å². The molecule has 0 bridgehead atoms. The Bertz CT molecular complexity index is 345. The average molecular weight is 252 g/mol. The summed E-state index contributed by atoms with van der Waals surface area (Å²) >= 11 is 0. The van der Waals surface area contributed by atoms with Crippen molar-refractivity contribution in [1.29, 1.82) is 0 Å². The van der Waals surface area contributed by atoms with Crippen molar-refractivity contribution in [2.75, 3.05) is 13.2 Å². The zero-order chi connectivity index (χ0) is 13.2. The minimum absolute atomic E-state index is 0.128. The Morgan fingerprint density at radius 3 is 2.56 bits per heavy atom. The highest BCUT2D eigenvalue weighted by Crippen LogP contribution is 2.16. The second kappa shape index (κ2) is 8.39. The fraction of sp³-hybridized carbons (Fsp3) is 0.500. The van der Waals surface area contributed by atoms with Crippen molar-refractivity contribution in [1.82, 2.24) is 0 Å². The molecule has 1 N–H and O–H groups in total. The molecule has 0 aliphatic carbocycles. The first-order valence-electron chi connectivity index (χ1n) is 6.30. The predicted octanol–water partition coefficient (Wildman–Crippen LogP) is 2.89. The molecule has 0 aliphatic rings. The lowest BCUT2D eigenvalue weighted by Gasteiger charge is -2.06. The number of carbonyl (C=O) groups excluding carboxylic acids is 1. The van der Waals surface area contributed by atoms with Crippen molar-refractivity contribution < 1.29 is 19.4 Å². The summed E-state index contributed by atoms with van der Waals surface area (Å²) in [6.45, 7) is 2.87. The SMILES string of the molecule is CCOC(=O)CCCCCOc1ccc(O)cc1. The van der Waals surface area contributed by atoms with Crippen LogP contribution in [0.2, 0.25) is 0 Å².